The summed E-state index contributed by atoms with van der Waals surface area (Å²) in [5, 5.41) is 6.33. The van der Waals surface area contributed by atoms with Crippen molar-refractivity contribution in [3.63, 3.8) is 0 Å². The molecule has 3 aromatic rings. The quantitative estimate of drug-likeness (QED) is 0.394. The average Bonchev–Trinajstić information content (AvgIpc) is 3.38. The summed E-state index contributed by atoms with van der Waals surface area (Å²) >= 11 is 15.5. The third kappa shape index (κ3) is 4.75. The van der Waals surface area contributed by atoms with Crippen molar-refractivity contribution < 1.29 is 4.79 Å². The second-order valence-electron chi connectivity index (χ2n) is 7.10. The highest BCUT2D eigenvalue weighted by atomic mass is 35.5. The number of halogens is 2. The van der Waals surface area contributed by atoms with E-state index in [-0.39, 0.29) is 5.91 Å². The Morgan fingerprint density at radius 3 is 2.66 bits per heavy atom. The Kier molecular flexibility index (Phi) is 6.40. The van der Waals surface area contributed by atoms with Gasteiger partial charge in [-0.25, -0.2) is 4.98 Å². The number of amides is 1. The van der Waals surface area contributed by atoms with Crippen LogP contribution in [0.25, 0.3) is 17.3 Å². The molecular weight excluding hydrogens is 443 g/mol. The lowest BCUT2D eigenvalue weighted by atomic mass is 9.97. The molecule has 1 amide bonds. The summed E-state index contributed by atoms with van der Waals surface area (Å²) < 4.78 is 0. The molecule has 3 heterocycles. The van der Waals surface area contributed by atoms with E-state index in [1.54, 1.807) is 34.8 Å². The van der Waals surface area contributed by atoms with E-state index >= 15 is 0 Å². The Hall–Kier alpha value is -1.66. The topological polar surface area (TPSA) is 33.2 Å². The molecule has 150 valence electrons. The molecule has 0 radical (unpaired) electrons. The van der Waals surface area contributed by atoms with E-state index in [1.807, 2.05) is 28.5 Å². The van der Waals surface area contributed by atoms with Crippen molar-refractivity contribution in [3.05, 3.63) is 66.6 Å². The molecule has 1 aliphatic heterocycles. The highest BCUT2D eigenvalue weighted by Gasteiger charge is 2.25. The maximum Gasteiger partial charge on any atom is 0.246 e. The van der Waals surface area contributed by atoms with Gasteiger partial charge < -0.3 is 4.90 Å². The van der Waals surface area contributed by atoms with Gasteiger partial charge in [0.2, 0.25) is 5.91 Å². The van der Waals surface area contributed by atoms with Gasteiger partial charge in [0.25, 0.3) is 0 Å². The summed E-state index contributed by atoms with van der Waals surface area (Å²) in [6.45, 7) is 3.59. The van der Waals surface area contributed by atoms with E-state index in [1.165, 1.54) is 5.56 Å². The molecule has 0 saturated carbocycles. The lowest BCUT2D eigenvalue weighted by Crippen LogP contribution is -2.36. The fraction of sp³-hybridized carbons (Fsp3) is 0.273. The largest absolute Gasteiger partial charge is 0.339 e. The molecule has 1 aliphatic rings. The first-order valence-corrected chi connectivity index (χ1v) is 11.9. The first kappa shape index (κ1) is 20.6. The molecule has 0 bridgehead atoms. The molecule has 0 atom stereocenters. The molecule has 0 unspecified atom stereocenters. The Balaban J connectivity index is 1.37. The molecular formula is C22H20Cl2N2OS2. The van der Waals surface area contributed by atoms with E-state index in [0.717, 1.165) is 47.1 Å². The van der Waals surface area contributed by atoms with Crippen LogP contribution >= 0.6 is 45.9 Å². The van der Waals surface area contributed by atoms with Crippen molar-refractivity contribution in [2.45, 2.75) is 25.7 Å². The first-order valence-electron chi connectivity index (χ1n) is 9.43. The fourth-order valence-corrected chi connectivity index (χ4v) is 5.54. The second kappa shape index (κ2) is 9.00. The Morgan fingerprint density at radius 2 is 1.97 bits per heavy atom. The molecule has 1 aromatic carbocycles. The van der Waals surface area contributed by atoms with Crippen LogP contribution in [-0.4, -0.2) is 28.9 Å². The molecule has 7 heteroatoms. The van der Waals surface area contributed by atoms with Gasteiger partial charge in [0.05, 0.1) is 20.7 Å². The molecule has 4 rings (SSSR count). The predicted octanol–water partition coefficient (Wildman–Crippen LogP) is 6.91. The lowest BCUT2D eigenvalue weighted by molar-refractivity contribution is -0.126. The summed E-state index contributed by atoms with van der Waals surface area (Å²) in [5.41, 5.74) is 3.11. The van der Waals surface area contributed by atoms with E-state index in [9.17, 15) is 4.79 Å². The van der Waals surface area contributed by atoms with Crippen LogP contribution in [0.5, 0.6) is 0 Å². The van der Waals surface area contributed by atoms with Gasteiger partial charge in [0, 0.05) is 40.9 Å². The van der Waals surface area contributed by atoms with Crippen LogP contribution in [0.3, 0.4) is 0 Å². The number of hydrogen-bond donors (Lipinski definition) is 0. The van der Waals surface area contributed by atoms with Gasteiger partial charge in [-0.05, 0) is 55.0 Å². The number of carbonyl (C=O) groups is 1. The fourth-order valence-electron chi connectivity index (χ4n) is 3.42. The number of nitrogens with zero attached hydrogens (tertiary/aromatic N) is 2. The molecule has 0 spiro atoms. The molecule has 0 N–H and O–H groups in total. The lowest BCUT2D eigenvalue weighted by Gasteiger charge is -2.30. The number of thiophene rings is 1. The second-order valence-corrected chi connectivity index (χ2v) is 9.75. The highest BCUT2D eigenvalue weighted by molar-refractivity contribution is 7.11. The van der Waals surface area contributed by atoms with Crippen LogP contribution in [0.2, 0.25) is 10.0 Å². The zero-order valence-electron chi connectivity index (χ0n) is 15.9. The molecule has 1 saturated heterocycles. The number of piperidine rings is 1. The van der Waals surface area contributed by atoms with Crippen LogP contribution in [0.15, 0.2) is 41.1 Å². The number of rotatable bonds is 4. The number of benzene rings is 1. The van der Waals surface area contributed by atoms with Crippen LogP contribution < -0.4 is 0 Å². The van der Waals surface area contributed by atoms with E-state index in [2.05, 4.69) is 18.4 Å². The summed E-state index contributed by atoms with van der Waals surface area (Å²) in [6, 6.07) is 7.66. The van der Waals surface area contributed by atoms with Crippen molar-refractivity contribution in [3.8, 4) is 11.3 Å². The van der Waals surface area contributed by atoms with Crippen molar-refractivity contribution in [2.75, 3.05) is 13.1 Å². The summed E-state index contributed by atoms with van der Waals surface area (Å²) in [6.07, 6.45) is 5.50. The minimum absolute atomic E-state index is 0.0897. The summed E-state index contributed by atoms with van der Waals surface area (Å²) in [5.74, 6) is 0.482. The minimum atomic E-state index is 0.0897. The monoisotopic (exact) mass is 462 g/mol. The summed E-state index contributed by atoms with van der Waals surface area (Å²) in [4.78, 5) is 20.4. The van der Waals surface area contributed by atoms with Crippen LogP contribution in [0.4, 0.5) is 0 Å². The highest BCUT2D eigenvalue weighted by Crippen LogP contribution is 2.34. The zero-order valence-corrected chi connectivity index (χ0v) is 19.0. The molecule has 3 nitrogen and oxygen atoms in total. The van der Waals surface area contributed by atoms with Gasteiger partial charge in [-0.1, -0.05) is 29.3 Å². The van der Waals surface area contributed by atoms with Gasteiger partial charge in [-0.15, -0.1) is 22.7 Å². The zero-order chi connectivity index (χ0) is 20.4. The smallest absolute Gasteiger partial charge is 0.246 e. The van der Waals surface area contributed by atoms with Gasteiger partial charge in [-0.2, -0.15) is 0 Å². The number of carbonyl (C=O) groups excluding carboxylic acids is 1. The number of hydrogen-bond acceptors (Lipinski definition) is 4. The molecule has 29 heavy (non-hydrogen) atoms. The van der Waals surface area contributed by atoms with Crippen LogP contribution in [0, 0.1) is 6.92 Å². The first-order chi connectivity index (χ1) is 14.0. The Bertz CT molecular complexity index is 1050. The maximum absolute atomic E-state index is 12.5. The van der Waals surface area contributed by atoms with Gasteiger partial charge in [-0.3, -0.25) is 4.79 Å². The number of likely N-dealkylation sites (tertiary alicyclic amines) is 1. The van der Waals surface area contributed by atoms with Gasteiger partial charge >= 0.3 is 0 Å². The van der Waals surface area contributed by atoms with Gasteiger partial charge in [0.1, 0.15) is 0 Å². The predicted molar refractivity (Wildman–Crippen MR) is 124 cm³/mol. The maximum atomic E-state index is 12.5. The SMILES string of the molecule is Cc1ccsc1/C=C/C(=O)N1CCC(c2nc(-c3ccc(Cl)c(Cl)c3)cs2)CC1. The average molecular weight is 463 g/mol. The third-order valence-electron chi connectivity index (χ3n) is 5.17. The minimum Gasteiger partial charge on any atom is -0.339 e. The van der Waals surface area contributed by atoms with Crippen molar-refractivity contribution in [1.29, 1.82) is 0 Å². The third-order valence-corrected chi connectivity index (χ3v) is 7.90. The van der Waals surface area contributed by atoms with Gasteiger partial charge in [0.15, 0.2) is 0 Å². The van der Waals surface area contributed by atoms with Crippen molar-refractivity contribution in [2.24, 2.45) is 0 Å². The van der Waals surface area contributed by atoms with Crippen molar-refractivity contribution in [1.82, 2.24) is 9.88 Å². The Morgan fingerprint density at radius 1 is 1.17 bits per heavy atom. The normalized spacial score (nSPS) is 15.3. The number of aryl methyl sites for hydroxylation is 1. The van der Waals surface area contributed by atoms with Crippen LogP contribution in [-0.2, 0) is 4.79 Å². The Labute approximate surface area is 188 Å². The van der Waals surface area contributed by atoms with Crippen LogP contribution in [0.1, 0.15) is 34.2 Å². The summed E-state index contributed by atoms with van der Waals surface area (Å²) in [7, 11) is 0. The molecule has 0 aliphatic carbocycles. The van der Waals surface area contributed by atoms with Crippen molar-refractivity contribution >= 4 is 57.9 Å². The molecule has 1 fully saturated rings. The number of thiazole rings is 1. The van der Waals surface area contributed by atoms with E-state index in [4.69, 9.17) is 28.2 Å². The molecule has 2 aromatic heterocycles. The van der Waals surface area contributed by atoms with E-state index in [0.29, 0.717) is 16.0 Å². The number of aromatic nitrogens is 1. The standard InChI is InChI=1S/C22H20Cl2N2OS2/c1-14-8-11-28-20(14)4-5-21(27)26-9-6-15(7-10-26)22-25-19(13-29-22)16-2-3-17(23)18(24)12-16/h2-5,8,11-13,15H,6-7,9-10H2,1H3/b5-4+. The van der Waals surface area contributed by atoms with E-state index < -0.39 is 0 Å².